The van der Waals surface area contributed by atoms with Crippen molar-refractivity contribution >= 4 is 11.4 Å². The van der Waals surface area contributed by atoms with Crippen molar-refractivity contribution in [3.63, 3.8) is 0 Å². The number of hydrogen-bond acceptors (Lipinski definition) is 2. The molecule has 4 aliphatic rings. The molecule has 24 heavy (non-hydrogen) atoms. The van der Waals surface area contributed by atoms with Gasteiger partial charge in [-0.05, 0) is 74.1 Å². The molecule has 0 saturated heterocycles. The summed E-state index contributed by atoms with van der Waals surface area (Å²) in [5.74, 6) is 2.66. The fraction of sp³-hybridized carbons (Fsp3) is 0.455. The number of hydrogen-bond donors (Lipinski definition) is 2. The van der Waals surface area contributed by atoms with Crippen molar-refractivity contribution in [2.75, 3.05) is 10.6 Å². The van der Waals surface area contributed by atoms with Crippen LogP contribution in [0, 0.1) is 17.8 Å². The summed E-state index contributed by atoms with van der Waals surface area (Å²) in [5, 5.41) is 7.92. The normalized spacial score (nSPS) is 36.5. The van der Waals surface area contributed by atoms with Gasteiger partial charge >= 0.3 is 0 Å². The first-order valence-corrected chi connectivity index (χ1v) is 9.46. The molecule has 4 saturated carbocycles. The van der Waals surface area contributed by atoms with Crippen LogP contribution in [0.1, 0.15) is 32.1 Å². The number of rotatable bonds is 4. The molecule has 124 valence electrons. The van der Waals surface area contributed by atoms with E-state index in [1.54, 1.807) is 0 Å². The summed E-state index contributed by atoms with van der Waals surface area (Å²) < 4.78 is 0. The van der Waals surface area contributed by atoms with E-state index < -0.39 is 0 Å². The molecule has 4 fully saturated rings. The maximum absolute atomic E-state index is 3.99. The molecule has 6 rings (SSSR count). The van der Waals surface area contributed by atoms with Crippen molar-refractivity contribution in [1.29, 1.82) is 0 Å². The average Bonchev–Trinajstić information content (AvgIpc) is 2.59. The van der Waals surface area contributed by atoms with Crippen molar-refractivity contribution in [2.24, 2.45) is 17.8 Å². The van der Waals surface area contributed by atoms with Gasteiger partial charge in [0.15, 0.2) is 0 Å². The molecule has 0 aromatic heterocycles. The molecular weight excluding hydrogens is 292 g/mol. The molecule has 0 radical (unpaired) electrons. The second-order valence-corrected chi connectivity index (χ2v) is 8.24. The topological polar surface area (TPSA) is 24.1 Å². The van der Waals surface area contributed by atoms with Gasteiger partial charge in [-0.2, -0.15) is 0 Å². The van der Waals surface area contributed by atoms with Crippen LogP contribution in [0.15, 0.2) is 60.7 Å². The van der Waals surface area contributed by atoms with E-state index in [0.29, 0.717) is 6.04 Å². The molecule has 0 spiro atoms. The molecule has 2 aromatic rings. The Morgan fingerprint density at radius 3 is 1.92 bits per heavy atom. The highest BCUT2D eigenvalue weighted by molar-refractivity contribution is 5.51. The lowest BCUT2D eigenvalue weighted by atomic mass is 9.50. The van der Waals surface area contributed by atoms with Gasteiger partial charge in [0.1, 0.15) is 0 Å². The van der Waals surface area contributed by atoms with E-state index >= 15 is 0 Å². The number of anilines is 2. The van der Waals surface area contributed by atoms with Gasteiger partial charge < -0.3 is 10.6 Å². The van der Waals surface area contributed by atoms with Crippen LogP contribution in [-0.4, -0.2) is 11.6 Å². The minimum atomic E-state index is 0.214. The van der Waals surface area contributed by atoms with Gasteiger partial charge in [0.25, 0.3) is 0 Å². The van der Waals surface area contributed by atoms with Gasteiger partial charge in [0.05, 0.1) is 11.6 Å². The number of para-hydroxylation sites is 2. The summed E-state index contributed by atoms with van der Waals surface area (Å²) in [4.78, 5) is 0. The van der Waals surface area contributed by atoms with E-state index in [-0.39, 0.29) is 5.54 Å². The third-order valence-electron chi connectivity index (χ3n) is 6.57. The lowest BCUT2D eigenvalue weighted by Crippen LogP contribution is -2.66. The Morgan fingerprint density at radius 2 is 1.29 bits per heavy atom. The van der Waals surface area contributed by atoms with Crippen molar-refractivity contribution in [3.8, 4) is 0 Å². The molecule has 2 aromatic carbocycles. The second-order valence-electron chi connectivity index (χ2n) is 8.24. The zero-order valence-electron chi connectivity index (χ0n) is 14.1. The largest absolute Gasteiger partial charge is 0.380 e. The third-order valence-corrected chi connectivity index (χ3v) is 6.57. The molecule has 3 atom stereocenters. The van der Waals surface area contributed by atoms with Crippen molar-refractivity contribution in [2.45, 2.75) is 43.7 Å². The summed E-state index contributed by atoms with van der Waals surface area (Å²) in [6.07, 6.45) is 6.93. The maximum Gasteiger partial charge on any atom is 0.0582 e. The minimum absolute atomic E-state index is 0.214. The van der Waals surface area contributed by atoms with E-state index in [1.807, 2.05) is 0 Å². The van der Waals surface area contributed by atoms with E-state index in [4.69, 9.17) is 0 Å². The van der Waals surface area contributed by atoms with Crippen LogP contribution >= 0.6 is 0 Å². The molecule has 2 N–H and O–H groups in total. The van der Waals surface area contributed by atoms with Crippen LogP contribution in [0.2, 0.25) is 0 Å². The molecule has 3 unspecified atom stereocenters. The highest BCUT2D eigenvalue weighted by Crippen LogP contribution is 2.57. The SMILES string of the molecule is c1ccc(NC2C3CC4CC(C3)CC2(Nc2ccccc2)C4)cc1. The first kappa shape index (κ1) is 14.4. The average molecular weight is 318 g/mol. The van der Waals surface area contributed by atoms with Gasteiger partial charge in [0, 0.05) is 11.4 Å². The summed E-state index contributed by atoms with van der Waals surface area (Å²) in [7, 11) is 0. The molecule has 2 nitrogen and oxygen atoms in total. The van der Waals surface area contributed by atoms with Gasteiger partial charge in [0.2, 0.25) is 0 Å². The van der Waals surface area contributed by atoms with E-state index in [0.717, 1.165) is 17.8 Å². The minimum Gasteiger partial charge on any atom is -0.380 e. The Hall–Kier alpha value is -1.96. The van der Waals surface area contributed by atoms with Gasteiger partial charge in [-0.1, -0.05) is 36.4 Å². The molecule has 2 heteroatoms. The zero-order chi connectivity index (χ0) is 16.0. The Labute approximate surface area is 144 Å². The van der Waals surface area contributed by atoms with Crippen LogP contribution in [0.25, 0.3) is 0 Å². The molecule has 0 amide bonds. The number of benzene rings is 2. The zero-order valence-corrected chi connectivity index (χ0v) is 14.1. The summed E-state index contributed by atoms with van der Waals surface area (Å²) in [5.41, 5.74) is 2.76. The van der Waals surface area contributed by atoms with Crippen molar-refractivity contribution in [3.05, 3.63) is 60.7 Å². The summed E-state index contributed by atoms with van der Waals surface area (Å²) >= 11 is 0. The third kappa shape index (κ3) is 2.40. The molecular formula is C22H26N2. The van der Waals surface area contributed by atoms with Gasteiger partial charge in [-0.3, -0.25) is 0 Å². The van der Waals surface area contributed by atoms with Crippen molar-refractivity contribution < 1.29 is 0 Å². The second kappa shape index (κ2) is 5.54. The fourth-order valence-electron chi connectivity index (χ4n) is 6.00. The predicted octanol–water partition coefficient (Wildman–Crippen LogP) is 5.16. The van der Waals surface area contributed by atoms with E-state index in [2.05, 4.69) is 71.3 Å². The standard InChI is InChI=1S/C22H26N2/c1-3-7-19(8-4-1)23-21-18-12-16-11-17(13-18)15-22(21,14-16)24-20-9-5-2-6-10-20/h1-10,16-18,21,23-24H,11-15H2. The fourth-order valence-corrected chi connectivity index (χ4v) is 6.00. The number of nitrogens with one attached hydrogen (secondary N) is 2. The van der Waals surface area contributed by atoms with Crippen LogP contribution < -0.4 is 10.6 Å². The molecule has 4 bridgehead atoms. The van der Waals surface area contributed by atoms with Crippen LogP contribution in [-0.2, 0) is 0 Å². The van der Waals surface area contributed by atoms with Crippen molar-refractivity contribution in [1.82, 2.24) is 0 Å². The molecule has 4 aliphatic carbocycles. The first-order valence-electron chi connectivity index (χ1n) is 9.46. The Kier molecular flexibility index (Phi) is 3.32. The lowest BCUT2D eigenvalue weighted by Gasteiger charge is -2.61. The highest BCUT2D eigenvalue weighted by Gasteiger charge is 2.57. The quantitative estimate of drug-likeness (QED) is 0.814. The Morgan fingerprint density at radius 1 is 0.708 bits per heavy atom. The Bertz CT molecular complexity index is 682. The van der Waals surface area contributed by atoms with Crippen LogP contribution in [0.4, 0.5) is 11.4 Å². The van der Waals surface area contributed by atoms with Crippen LogP contribution in [0.5, 0.6) is 0 Å². The van der Waals surface area contributed by atoms with E-state index in [9.17, 15) is 0 Å². The van der Waals surface area contributed by atoms with Crippen LogP contribution in [0.3, 0.4) is 0 Å². The summed E-state index contributed by atoms with van der Waals surface area (Å²) in [6.45, 7) is 0. The van der Waals surface area contributed by atoms with Gasteiger partial charge in [-0.15, -0.1) is 0 Å². The smallest absolute Gasteiger partial charge is 0.0582 e. The Balaban J connectivity index is 1.48. The monoisotopic (exact) mass is 318 g/mol. The molecule has 0 aliphatic heterocycles. The maximum atomic E-state index is 3.99. The van der Waals surface area contributed by atoms with E-state index in [1.165, 1.54) is 43.5 Å². The predicted molar refractivity (Wildman–Crippen MR) is 100 cm³/mol. The highest BCUT2D eigenvalue weighted by atomic mass is 15.1. The summed E-state index contributed by atoms with van der Waals surface area (Å²) in [6, 6.07) is 22.1. The van der Waals surface area contributed by atoms with Gasteiger partial charge in [-0.25, -0.2) is 0 Å². The lowest BCUT2D eigenvalue weighted by molar-refractivity contribution is -0.00141. The first-order chi connectivity index (χ1) is 11.8. The molecule has 0 heterocycles.